The molecule has 3 N–H and O–H groups in total. The second-order valence-electron chi connectivity index (χ2n) is 9.19. The molecule has 0 fully saturated rings. The van der Waals surface area contributed by atoms with E-state index in [9.17, 15) is 10.1 Å². The summed E-state index contributed by atoms with van der Waals surface area (Å²) in [4.78, 5) is 17.4. The van der Waals surface area contributed by atoms with E-state index in [1.807, 2.05) is 67.7 Å². The lowest BCUT2D eigenvalue weighted by atomic mass is 9.67. The number of aryl methyl sites for hydroxylation is 1. The van der Waals surface area contributed by atoms with Crippen molar-refractivity contribution in [1.29, 1.82) is 5.26 Å². The van der Waals surface area contributed by atoms with Gasteiger partial charge in [-0.05, 0) is 43.3 Å². The van der Waals surface area contributed by atoms with Crippen molar-refractivity contribution in [3.8, 4) is 11.8 Å². The third kappa shape index (κ3) is 2.76. The molecule has 3 aromatic carbocycles. The van der Waals surface area contributed by atoms with E-state index in [-0.39, 0.29) is 5.91 Å². The maximum Gasteiger partial charge on any atom is 0.245 e. The standard InChI is InChI=1S/C29H19ClN6O/c1-16-25-27(36(35-16)18-7-3-2-4-8-18)34-26(20-15-32-23-10-6-5-9-19(20)23)22(14-31)29(25)21-13-17(30)11-12-24(21)33-28(29)37/h2-13,15,32,34H,1H3,(H,33,37). The van der Waals surface area contributed by atoms with E-state index in [1.54, 1.807) is 22.9 Å². The van der Waals surface area contributed by atoms with Gasteiger partial charge in [0.25, 0.3) is 0 Å². The van der Waals surface area contributed by atoms with Gasteiger partial charge in [-0.15, -0.1) is 0 Å². The number of halogens is 1. The maximum absolute atomic E-state index is 14.1. The summed E-state index contributed by atoms with van der Waals surface area (Å²) in [6.07, 6.45) is 1.87. The van der Waals surface area contributed by atoms with Gasteiger partial charge >= 0.3 is 0 Å². The van der Waals surface area contributed by atoms with Crippen LogP contribution in [0.5, 0.6) is 0 Å². The Bertz CT molecular complexity index is 1840. The van der Waals surface area contributed by atoms with E-state index in [0.29, 0.717) is 44.6 Å². The van der Waals surface area contributed by atoms with E-state index in [2.05, 4.69) is 21.7 Å². The minimum absolute atomic E-state index is 0.291. The lowest BCUT2D eigenvalue weighted by Crippen LogP contribution is -2.42. The molecule has 7 rings (SSSR count). The maximum atomic E-state index is 14.1. The van der Waals surface area contributed by atoms with Crippen molar-refractivity contribution in [2.24, 2.45) is 0 Å². The number of rotatable bonds is 2. The summed E-state index contributed by atoms with van der Waals surface area (Å²) in [6, 6.07) is 25.3. The summed E-state index contributed by atoms with van der Waals surface area (Å²) in [7, 11) is 0. The van der Waals surface area contributed by atoms with Gasteiger partial charge in [0.15, 0.2) is 0 Å². The van der Waals surface area contributed by atoms with E-state index >= 15 is 0 Å². The molecular formula is C29H19ClN6O. The molecule has 2 aliphatic rings. The zero-order chi connectivity index (χ0) is 25.3. The summed E-state index contributed by atoms with van der Waals surface area (Å²) >= 11 is 6.47. The summed E-state index contributed by atoms with van der Waals surface area (Å²) in [5.41, 5.74) is 4.49. The fourth-order valence-electron chi connectivity index (χ4n) is 5.73. The number of hydrogen-bond donors (Lipinski definition) is 3. The number of nitrogens with one attached hydrogen (secondary N) is 3. The number of benzene rings is 3. The SMILES string of the molecule is Cc1nn(-c2ccccc2)c2c1C1(C(=O)Nc3ccc(Cl)cc31)C(C#N)=C(c1c[nH]c3ccccc13)N2. The highest BCUT2D eigenvalue weighted by molar-refractivity contribution is 6.31. The normalized spacial score (nSPS) is 17.9. The van der Waals surface area contributed by atoms with Crippen LogP contribution < -0.4 is 10.6 Å². The molecule has 2 aliphatic heterocycles. The summed E-state index contributed by atoms with van der Waals surface area (Å²) in [5, 5.41) is 23.5. The minimum atomic E-state index is -1.43. The fraction of sp³-hybridized carbons (Fsp3) is 0.0690. The molecule has 1 amide bonds. The van der Waals surface area contributed by atoms with Gasteiger partial charge in [-0.3, -0.25) is 4.79 Å². The number of nitrogens with zero attached hydrogens (tertiary/aromatic N) is 3. The Morgan fingerprint density at radius 2 is 1.81 bits per heavy atom. The Morgan fingerprint density at radius 3 is 2.62 bits per heavy atom. The quantitative estimate of drug-likeness (QED) is 0.279. The van der Waals surface area contributed by atoms with Crippen LogP contribution in [-0.4, -0.2) is 20.7 Å². The molecule has 8 heteroatoms. The molecule has 2 aromatic heterocycles. The molecule has 5 aromatic rings. The van der Waals surface area contributed by atoms with Gasteiger partial charge in [-0.25, -0.2) is 4.68 Å². The molecule has 37 heavy (non-hydrogen) atoms. The van der Waals surface area contributed by atoms with E-state index in [4.69, 9.17) is 16.7 Å². The van der Waals surface area contributed by atoms with Crippen LogP contribution in [0.15, 0.2) is 84.6 Å². The van der Waals surface area contributed by atoms with E-state index < -0.39 is 5.41 Å². The van der Waals surface area contributed by atoms with Gasteiger partial charge in [0.05, 0.1) is 28.7 Å². The Labute approximate surface area is 217 Å². The molecule has 7 nitrogen and oxygen atoms in total. The van der Waals surface area contributed by atoms with Crippen LogP contribution in [0, 0.1) is 18.3 Å². The number of H-pyrrole nitrogens is 1. The number of aromatic amines is 1. The summed E-state index contributed by atoms with van der Waals surface area (Å²) in [5.74, 6) is 0.322. The van der Waals surface area contributed by atoms with Crippen LogP contribution >= 0.6 is 11.6 Å². The van der Waals surface area contributed by atoms with Crippen molar-refractivity contribution in [3.63, 3.8) is 0 Å². The van der Waals surface area contributed by atoms with Crippen LogP contribution in [0.3, 0.4) is 0 Å². The van der Waals surface area contributed by atoms with Crippen LogP contribution in [0.2, 0.25) is 5.02 Å². The second-order valence-corrected chi connectivity index (χ2v) is 9.62. The average molecular weight is 503 g/mol. The first-order valence-electron chi connectivity index (χ1n) is 11.8. The molecule has 1 unspecified atom stereocenters. The van der Waals surface area contributed by atoms with Gasteiger partial charge in [0.2, 0.25) is 5.91 Å². The smallest absolute Gasteiger partial charge is 0.245 e. The van der Waals surface area contributed by atoms with Crippen molar-refractivity contribution >= 4 is 45.6 Å². The Hall–Kier alpha value is -4.80. The number of fused-ring (bicyclic) bond motifs is 5. The zero-order valence-corrected chi connectivity index (χ0v) is 20.4. The summed E-state index contributed by atoms with van der Waals surface area (Å²) in [6.45, 7) is 1.86. The highest BCUT2D eigenvalue weighted by Crippen LogP contribution is 2.56. The molecule has 0 bridgehead atoms. The van der Waals surface area contributed by atoms with Crippen LogP contribution in [0.25, 0.3) is 22.3 Å². The van der Waals surface area contributed by atoms with Gasteiger partial charge in [0, 0.05) is 44.5 Å². The van der Waals surface area contributed by atoms with Gasteiger partial charge in [-0.1, -0.05) is 48.0 Å². The zero-order valence-electron chi connectivity index (χ0n) is 19.6. The number of carbonyl (C=O) groups excluding carboxylic acids is 1. The number of nitriles is 1. The van der Waals surface area contributed by atoms with Crippen LogP contribution in [0.1, 0.15) is 22.4 Å². The predicted octanol–water partition coefficient (Wildman–Crippen LogP) is 5.91. The van der Waals surface area contributed by atoms with Crippen molar-refractivity contribution in [3.05, 3.63) is 112 Å². The summed E-state index contributed by atoms with van der Waals surface area (Å²) < 4.78 is 1.80. The molecule has 0 saturated carbocycles. The third-order valence-electron chi connectivity index (χ3n) is 7.25. The third-order valence-corrected chi connectivity index (χ3v) is 7.48. The average Bonchev–Trinajstić information content (AvgIpc) is 3.57. The molecule has 1 spiro atoms. The van der Waals surface area contributed by atoms with Crippen molar-refractivity contribution in [1.82, 2.24) is 14.8 Å². The topological polar surface area (TPSA) is 98.5 Å². The van der Waals surface area contributed by atoms with Gasteiger partial charge in [0.1, 0.15) is 11.2 Å². The molecule has 0 aliphatic carbocycles. The molecule has 0 radical (unpaired) electrons. The molecular weight excluding hydrogens is 484 g/mol. The largest absolute Gasteiger partial charge is 0.360 e. The van der Waals surface area contributed by atoms with E-state index in [0.717, 1.165) is 22.2 Å². The highest BCUT2D eigenvalue weighted by atomic mass is 35.5. The number of anilines is 2. The Balaban J connectivity index is 1.64. The predicted molar refractivity (Wildman–Crippen MR) is 144 cm³/mol. The number of hydrogen-bond acceptors (Lipinski definition) is 4. The van der Waals surface area contributed by atoms with Gasteiger partial charge in [-0.2, -0.15) is 10.4 Å². The Kier molecular flexibility index (Phi) is 4.41. The van der Waals surface area contributed by atoms with Crippen molar-refractivity contribution < 1.29 is 4.79 Å². The first kappa shape index (κ1) is 21.5. The first-order chi connectivity index (χ1) is 18.0. The molecule has 0 saturated heterocycles. The number of para-hydroxylation sites is 2. The lowest BCUT2D eigenvalue weighted by molar-refractivity contribution is -0.118. The minimum Gasteiger partial charge on any atom is -0.360 e. The second kappa shape index (κ2) is 7.60. The van der Waals surface area contributed by atoms with Gasteiger partial charge < -0.3 is 15.6 Å². The number of carbonyl (C=O) groups is 1. The van der Waals surface area contributed by atoms with Crippen LogP contribution in [-0.2, 0) is 10.2 Å². The lowest BCUT2D eigenvalue weighted by Gasteiger charge is -2.34. The van der Waals surface area contributed by atoms with E-state index in [1.165, 1.54) is 0 Å². The number of aromatic nitrogens is 3. The molecule has 4 heterocycles. The van der Waals surface area contributed by atoms with Crippen LogP contribution in [0.4, 0.5) is 11.5 Å². The van der Waals surface area contributed by atoms with Crippen molar-refractivity contribution in [2.45, 2.75) is 12.3 Å². The highest BCUT2D eigenvalue weighted by Gasteiger charge is 2.58. The monoisotopic (exact) mass is 502 g/mol. The number of amides is 1. The molecule has 1 atom stereocenters. The molecule has 178 valence electrons. The fourth-order valence-corrected chi connectivity index (χ4v) is 5.90. The van der Waals surface area contributed by atoms with Crippen molar-refractivity contribution in [2.75, 3.05) is 10.6 Å². The first-order valence-corrected chi connectivity index (χ1v) is 12.2. The Morgan fingerprint density at radius 1 is 1.03 bits per heavy atom.